The summed E-state index contributed by atoms with van der Waals surface area (Å²) in [6.45, 7) is 4.02. The van der Waals surface area contributed by atoms with E-state index in [1.807, 2.05) is 32.0 Å². The van der Waals surface area contributed by atoms with Crippen LogP contribution < -0.4 is 15.8 Å². The maximum Gasteiger partial charge on any atom is 0.143 e. The average molecular weight is 224 g/mol. The highest BCUT2D eigenvalue weighted by molar-refractivity contribution is 5.73. The van der Waals surface area contributed by atoms with E-state index in [0.717, 1.165) is 12.1 Å². The predicted octanol–water partition coefficient (Wildman–Crippen LogP) is 1.85. The first kappa shape index (κ1) is 12.6. The summed E-state index contributed by atoms with van der Waals surface area (Å²) in [7, 11) is 1.58. The van der Waals surface area contributed by atoms with Crippen LogP contribution in [0.25, 0.3) is 0 Å². The SMILES string of the molecule is CCC(C)(CO)Nc1cccc(OC)c1N. The molecule has 0 aromatic heterocycles. The zero-order chi connectivity index (χ0) is 12.2. The molecule has 90 valence electrons. The molecule has 0 bridgehead atoms. The molecule has 0 aliphatic heterocycles. The molecule has 0 saturated carbocycles. The lowest BCUT2D eigenvalue weighted by Gasteiger charge is -2.29. The van der Waals surface area contributed by atoms with E-state index in [1.54, 1.807) is 7.11 Å². The van der Waals surface area contributed by atoms with E-state index < -0.39 is 0 Å². The van der Waals surface area contributed by atoms with Gasteiger partial charge < -0.3 is 20.9 Å². The minimum Gasteiger partial charge on any atom is -0.495 e. The molecule has 0 radical (unpaired) electrons. The lowest BCUT2D eigenvalue weighted by molar-refractivity contribution is 0.219. The van der Waals surface area contributed by atoms with Crippen LogP contribution >= 0.6 is 0 Å². The Labute approximate surface area is 96.4 Å². The van der Waals surface area contributed by atoms with Crippen LogP contribution in [0.2, 0.25) is 0 Å². The Balaban J connectivity index is 2.97. The maximum atomic E-state index is 9.33. The zero-order valence-electron chi connectivity index (χ0n) is 10.1. The summed E-state index contributed by atoms with van der Waals surface area (Å²) in [5.41, 5.74) is 6.94. The van der Waals surface area contributed by atoms with E-state index in [4.69, 9.17) is 10.5 Å². The van der Waals surface area contributed by atoms with Crippen LogP contribution in [0.4, 0.5) is 11.4 Å². The molecule has 4 nitrogen and oxygen atoms in total. The van der Waals surface area contributed by atoms with E-state index >= 15 is 0 Å². The summed E-state index contributed by atoms with van der Waals surface area (Å²) in [4.78, 5) is 0. The summed E-state index contributed by atoms with van der Waals surface area (Å²) in [5, 5.41) is 12.6. The van der Waals surface area contributed by atoms with Crippen molar-refractivity contribution in [2.24, 2.45) is 0 Å². The quantitative estimate of drug-likeness (QED) is 0.668. The smallest absolute Gasteiger partial charge is 0.143 e. The maximum absolute atomic E-state index is 9.33. The van der Waals surface area contributed by atoms with Gasteiger partial charge in [-0.3, -0.25) is 0 Å². The van der Waals surface area contributed by atoms with Crippen molar-refractivity contribution < 1.29 is 9.84 Å². The van der Waals surface area contributed by atoms with Crippen molar-refractivity contribution in [2.75, 3.05) is 24.8 Å². The van der Waals surface area contributed by atoms with Crippen LogP contribution in [0.1, 0.15) is 20.3 Å². The number of methoxy groups -OCH3 is 1. The Hall–Kier alpha value is -1.42. The number of nitrogens with two attached hydrogens (primary N) is 1. The first-order chi connectivity index (χ1) is 7.56. The molecule has 0 fully saturated rings. The number of aliphatic hydroxyl groups is 1. The molecule has 16 heavy (non-hydrogen) atoms. The number of anilines is 2. The number of rotatable bonds is 5. The molecule has 0 aliphatic carbocycles. The molecule has 4 heteroatoms. The Morgan fingerprint density at radius 1 is 1.50 bits per heavy atom. The first-order valence-electron chi connectivity index (χ1n) is 5.38. The number of para-hydroxylation sites is 1. The van der Waals surface area contributed by atoms with Gasteiger partial charge in [-0.2, -0.15) is 0 Å². The van der Waals surface area contributed by atoms with Crippen LogP contribution in [0.3, 0.4) is 0 Å². The van der Waals surface area contributed by atoms with Gasteiger partial charge in [-0.15, -0.1) is 0 Å². The van der Waals surface area contributed by atoms with Crippen molar-refractivity contribution in [3.63, 3.8) is 0 Å². The minimum atomic E-state index is -0.361. The standard InChI is InChI=1S/C12H20N2O2/c1-4-12(2,8-15)14-9-6-5-7-10(16-3)11(9)13/h5-7,14-15H,4,8,13H2,1-3H3. The lowest BCUT2D eigenvalue weighted by Crippen LogP contribution is -2.38. The third-order valence-corrected chi connectivity index (χ3v) is 2.85. The molecule has 0 amide bonds. The molecule has 0 heterocycles. The van der Waals surface area contributed by atoms with Gasteiger partial charge in [-0.05, 0) is 25.5 Å². The van der Waals surface area contributed by atoms with Crippen LogP contribution in [0, 0.1) is 0 Å². The van der Waals surface area contributed by atoms with Crippen molar-refractivity contribution in [3.8, 4) is 5.75 Å². The van der Waals surface area contributed by atoms with Gasteiger partial charge in [-0.25, -0.2) is 0 Å². The van der Waals surface area contributed by atoms with E-state index in [2.05, 4.69) is 5.32 Å². The summed E-state index contributed by atoms with van der Waals surface area (Å²) in [6, 6.07) is 5.55. The van der Waals surface area contributed by atoms with Crippen LogP contribution in [0.15, 0.2) is 18.2 Å². The second kappa shape index (κ2) is 5.07. The summed E-state index contributed by atoms with van der Waals surface area (Å²) < 4.78 is 5.14. The van der Waals surface area contributed by atoms with Gasteiger partial charge in [0.15, 0.2) is 0 Å². The number of hydrogen-bond donors (Lipinski definition) is 3. The number of ether oxygens (including phenoxy) is 1. The van der Waals surface area contributed by atoms with Crippen LogP contribution in [-0.4, -0.2) is 24.4 Å². The lowest BCUT2D eigenvalue weighted by atomic mass is 9.99. The number of hydrogen-bond acceptors (Lipinski definition) is 4. The average Bonchev–Trinajstić information content (AvgIpc) is 2.32. The minimum absolute atomic E-state index is 0.0557. The van der Waals surface area contributed by atoms with Crippen molar-refractivity contribution >= 4 is 11.4 Å². The van der Waals surface area contributed by atoms with Crippen molar-refractivity contribution in [1.29, 1.82) is 0 Å². The molecule has 1 aromatic carbocycles. The van der Waals surface area contributed by atoms with Gasteiger partial charge >= 0.3 is 0 Å². The molecular formula is C12H20N2O2. The van der Waals surface area contributed by atoms with Crippen LogP contribution in [0.5, 0.6) is 5.75 Å². The third-order valence-electron chi connectivity index (χ3n) is 2.85. The van der Waals surface area contributed by atoms with E-state index in [-0.39, 0.29) is 12.1 Å². The summed E-state index contributed by atoms with van der Waals surface area (Å²) >= 11 is 0. The van der Waals surface area contributed by atoms with Gasteiger partial charge in [0.25, 0.3) is 0 Å². The molecular weight excluding hydrogens is 204 g/mol. The van der Waals surface area contributed by atoms with E-state index in [0.29, 0.717) is 11.4 Å². The largest absolute Gasteiger partial charge is 0.495 e. The molecule has 0 spiro atoms. The van der Waals surface area contributed by atoms with Gasteiger partial charge in [0.2, 0.25) is 0 Å². The highest BCUT2D eigenvalue weighted by atomic mass is 16.5. The van der Waals surface area contributed by atoms with Crippen LogP contribution in [-0.2, 0) is 0 Å². The Kier molecular flexibility index (Phi) is 4.01. The molecule has 1 rings (SSSR count). The zero-order valence-corrected chi connectivity index (χ0v) is 10.1. The van der Waals surface area contributed by atoms with Crippen molar-refractivity contribution in [2.45, 2.75) is 25.8 Å². The predicted molar refractivity (Wildman–Crippen MR) is 66.8 cm³/mol. The first-order valence-corrected chi connectivity index (χ1v) is 5.38. The molecule has 4 N–H and O–H groups in total. The fourth-order valence-electron chi connectivity index (χ4n) is 1.40. The second-order valence-corrected chi connectivity index (χ2v) is 4.12. The number of aliphatic hydroxyl groups excluding tert-OH is 1. The molecule has 0 saturated heterocycles. The highest BCUT2D eigenvalue weighted by Crippen LogP contribution is 2.31. The van der Waals surface area contributed by atoms with Gasteiger partial charge in [0, 0.05) is 0 Å². The monoisotopic (exact) mass is 224 g/mol. The van der Waals surface area contributed by atoms with E-state index in [9.17, 15) is 5.11 Å². The summed E-state index contributed by atoms with van der Waals surface area (Å²) in [5.74, 6) is 0.640. The normalized spacial score (nSPS) is 14.2. The number of nitrogen functional groups attached to an aromatic ring is 1. The van der Waals surface area contributed by atoms with Gasteiger partial charge in [-0.1, -0.05) is 13.0 Å². The van der Waals surface area contributed by atoms with Crippen molar-refractivity contribution in [3.05, 3.63) is 18.2 Å². The van der Waals surface area contributed by atoms with E-state index in [1.165, 1.54) is 0 Å². The second-order valence-electron chi connectivity index (χ2n) is 4.12. The Morgan fingerprint density at radius 2 is 2.19 bits per heavy atom. The third kappa shape index (κ3) is 2.58. The Morgan fingerprint density at radius 3 is 2.69 bits per heavy atom. The fraction of sp³-hybridized carbons (Fsp3) is 0.500. The summed E-state index contributed by atoms with van der Waals surface area (Å²) in [6.07, 6.45) is 0.806. The molecule has 1 atom stereocenters. The Bertz CT molecular complexity index is 349. The number of benzene rings is 1. The highest BCUT2D eigenvalue weighted by Gasteiger charge is 2.21. The van der Waals surface area contributed by atoms with Gasteiger partial charge in [0.1, 0.15) is 5.75 Å². The van der Waals surface area contributed by atoms with Gasteiger partial charge in [0.05, 0.1) is 30.6 Å². The molecule has 1 unspecified atom stereocenters. The molecule has 0 aliphatic rings. The van der Waals surface area contributed by atoms with Crippen molar-refractivity contribution in [1.82, 2.24) is 0 Å². The fourth-order valence-corrected chi connectivity index (χ4v) is 1.40. The topological polar surface area (TPSA) is 67.5 Å². The number of nitrogens with one attached hydrogen (secondary N) is 1. The molecule has 1 aromatic rings.